The highest BCUT2D eigenvalue weighted by Crippen LogP contribution is 2.28. The Morgan fingerprint density at radius 1 is 1.04 bits per heavy atom. The maximum atomic E-state index is 12.9. The first-order valence-electron chi connectivity index (χ1n) is 9.06. The molecule has 3 rings (SSSR count). The minimum absolute atomic E-state index is 0.0201. The van der Waals surface area contributed by atoms with Crippen LogP contribution in [0.3, 0.4) is 0 Å². The van der Waals surface area contributed by atoms with Crippen LogP contribution in [-0.4, -0.2) is 56.6 Å². The molecule has 0 bridgehead atoms. The molecule has 0 N–H and O–H groups in total. The lowest BCUT2D eigenvalue weighted by molar-refractivity contribution is -0.130. The van der Waals surface area contributed by atoms with Crippen molar-refractivity contribution >= 4 is 12.0 Å². The van der Waals surface area contributed by atoms with Gasteiger partial charge in [-0.15, -0.1) is 0 Å². The molecular formula is C22H26N2O3. The van der Waals surface area contributed by atoms with E-state index in [0.717, 1.165) is 24.2 Å². The lowest BCUT2D eigenvalue weighted by Crippen LogP contribution is -2.48. The maximum absolute atomic E-state index is 12.9. The molecule has 2 aromatic rings. The second-order valence-corrected chi connectivity index (χ2v) is 6.67. The van der Waals surface area contributed by atoms with Crippen molar-refractivity contribution in [3.8, 4) is 11.5 Å². The number of carbonyl (C=O) groups excluding carboxylic acids is 1. The van der Waals surface area contributed by atoms with Crippen LogP contribution < -0.4 is 9.47 Å². The number of methoxy groups -OCH3 is 2. The van der Waals surface area contributed by atoms with Gasteiger partial charge in [0.1, 0.15) is 0 Å². The van der Waals surface area contributed by atoms with Gasteiger partial charge in [0.15, 0.2) is 11.5 Å². The fraction of sp³-hybridized carbons (Fsp3) is 0.318. The predicted molar refractivity (Wildman–Crippen MR) is 107 cm³/mol. The monoisotopic (exact) mass is 366 g/mol. The zero-order chi connectivity index (χ0) is 19.2. The van der Waals surface area contributed by atoms with E-state index >= 15 is 0 Å². The molecule has 1 atom stereocenters. The van der Waals surface area contributed by atoms with Crippen molar-refractivity contribution in [1.29, 1.82) is 0 Å². The minimum Gasteiger partial charge on any atom is -0.493 e. The van der Waals surface area contributed by atoms with Gasteiger partial charge in [0.25, 0.3) is 0 Å². The summed E-state index contributed by atoms with van der Waals surface area (Å²) in [6.45, 7) is 2.42. The number of rotatable bonds is 5. The Balaban J connectivity index is 1.78. The average Bonchev–Trinajstić information content (AvgIpc) is 2.72. The van der Waals surface area contributed by atoms with Gasteiger partial charge in [-0.25, -0.2) is 0 Å². The first-order valence-corrected chi connectivity index (χ1v) is 9.06. The smallest absolute Gasteiger partial charge is 0.247 e. The van der Waals surface area contributed by atoms with Crippen LogP contribution in [0, 0.1) is 0 Å². The molecule has 1 heterocycles. The van der Waals surface area contributed by atoms with Crippen molar-refractivity contribution < 1.29 is 14.3 Å². The van der Waals surface area contributed by atoms with Crippen LogP contribution in [0.1, 0.15) is 17.2 Å². The van der Waals surface area contributed by atoms with Crippen molar-refractivity contribution in [3.05, 3.63) is 65.7 Å². The van der Waals surface area contributed by atoms with Gasteiger partial charge in [-0.2, -0.15) is 0 Å². The van der Waals surface area contributed by atoms with Crippen LogP contribution in [0.4, 0.5) is 0 Å². The van der Waals surface area contributed by atoms with Crippen molar-refractivity contribution in [2.24, 2.45) is 0 Å². The van der Waals surface area contributed by atoms with Gasteiger partial charge in [-0.1, -0.05) is 36.4 Å². The molecular weight excluding hydrogens is 340 g/mol. The van der Waals surface area contributed by atoms with Crippen LogP contribution in [0.15, 0.2) is 54.6 Å². The van der Waals surface area contributed by atoms with Crippen LogP contribution >= 0.6 is 0 Å². The van der Waals surface area contributed by atoms with Gasteiger partial charge >= 0.3 is 0 Å². The molecule has 1 unspecified atom stereocenters. The Morgan fingerprint density at radius 2 is 1.78 bits per heavy atom. The average molecular weight is 366 g/mol. The van der Waals surface area contributed by atoms with E-state index in [0.29, 0.717) is 18.0 Å². The van der Waals surface area contributed by atoms with Crippen LogP contribution in [0.5, 0.6) is 11.5 Å². The van der Waals surface area contributed by atoms with Gasteiger partial charge in [0.05, 0.1) is 20.3 Å². The predicted octanol–water partition coefficient (Wildman–Crippen LogP) is 3.23. The summed E-state index contributed by atoms with van der Waals surface area (Å²) < 4.78 is 10.6. The van der Waals surface area contributed by atoms with E-state index in [-0.39, 0.29) is 11.9 Å². The molecule has 5 nitrogen and oxygen atoms in total. The van der Waals surface area contributed by atoms with E-state index in [1.807, 2.05) is 47.4 Å². The van der Waals surface area contributed by atoms with Gasteiger partial charge in [-0.05, 0) is 36.4 Å². The number of ether oxygens (including phenoxy) is 2. The maximum Gasteiger partial charge on any atom is 0.247 e. The first kappa shape index (κ1) is 19.0. The third-order valence-corrected chi connectivity index (χ3v) is 4.88. The summed E-state index contributed by atoms with van der Waals surface area (Å²) in [7, 11) is 5.30. The van der Waals surface area contributed by atoms with E-state index in [9.17, 15) is 4.79 Å². The largest absolute Gasteiger partial charge is 0.493 e. The Hall–Kier alpha value is -2.79. The number of piperazine rings is 1. The highest BCUT2D eigenvalue weighted by molar-refractivity contribution is 5.92. The van der Waals surface area contributed by atoms with E-state index < -0.39 is 0 Å². The summed E-state index contributed by atoms with van der Waals surface area (Å²) in [5.74, 6) is 1.34. The summed E-state index contributed by atoms with van der Waals surface area (Å²) in [4.78, 5) is 17.1. The Labute approximate surface area is 160 Å². The molecule has 1 amide bonds. The molecule has 1 saturated heterocycles. The molecule has 1 aliphatic rings. The molecule has 0 radical (unpaired) electrons. The number of hydrogen-bond acceptors (Lipinski definition) is 4. The number of amides is 1. The molecule has 27 heavy (non-hydrogen) atoms. The summed E-state index contributed by atoms with van der Waals surface area (Å²) in [6, 6.07) is 15.9. The van der Waals surface area contributed by atoms with Gasteiger partial charge < -0.3 is 19.3 Å². The lowest BCUT2D eigenvalue weighted by atomic mass is 10.0. The van der Waals surface area contributed by atoms with Crippen LogP contribution in [0.2, 0.25) is 0 Å². The highest BCUT2D eigenvalue weighted by Gasteiger charge is 2.28. The summed E-state index contributed by atoms with van der Waals surface area (Å²) >= 11 is 0. The molecule has 0 aromatic heterocycles. The van der Waals surface area contributed by atoms with Gasteiger partial charge in [0.2, 0.25) is 5.91 Å². The molecule has 2 aromatic carbocycles. The number of carbonyl (C=O) groups is 1. The third kappa shape index (κ3) is 4.49. The minimum atomic E-state index is 0.0201. The number of nitrogens with zero attached hydrogens (tertiary/aromatic N) is 2. The van der Waals surface area contributed by atoms with Gasteiger partial charge in [0, 0.05) is 25.7 Å². The Bertz CT molecular complexity index is 804. The van der Waals surface area contributed by atoms with E-state index in [4.69, 9.17) is 9.47 Å². The van der Waals surface area contributed by atoms with Gasteiger partial charge in [-0.3, -0.25) is 4.79 Å². The zero-order valence-electron chi connectivity index (χ0n) is 16.1. The topological polar surface area (TPSA) is 42.0 Å². The van der Waals surface area contributed by atoms with Crippen LogP contribution in [-0.2, 0) is 4.79 Å². The SMILES string of the molecule is COc1ccc(C=CC(=O)N2CCN(C)CC2c2ccccc2)cc1OC. The van der Waals surface area contributed by atoms with E-state index in [1.54, 1.807) is 20.3 Å². The molecule has 1 aliphatic heterocycles. The molecule has 5 heteroatoms. The summed E-state index contributed by atoms with van der Waals surface area (Å²) in [5.41, 5.74) is 2.06. The second kappa shape index (κ2) is 8.73. The number of benzene rings is 2. The third-order valence-electron chi connectivity index (χ3n) is 4.88. The number of hydrogen-bond donors (Lipinski definition) is 0. The lowest BCUT2D eigenvalue weighted by Gasteiger charge is -2.40. The molecule has 0 spiro atoms. The Kier molecular flexibility index (Phi) is 6.14. The molecule has 0 saturated carbocycles. The number of likely N-dealkylation sites (N-methyl/N-ethyl adjacent to an activating group) is 1. The van der Waals surface area contributed by atoms with Crippen molar-refractivity contribution in [1.82, 2.24) is 9.80 Å². The van der Waals surface area contributed by atoms with E-state index in [1.165, 1.54) is 0 Å². The van der Waals surface area contributed by atoms with Crippen molar-refractivity contribution in [3.63, 3.8) is 0 Å². The zero-order valence-corrected chi connectivity index (χ0v) is 16.1. The fourth-order valence-corrected chi connectivity index (χ4v) is 3.36. The van der Waals surface area contributed by atoms with Crippen molar-refractivity contribution in [2.75, 3.05) is 40.9 Å². The first-order chi connectivity index (χ1) is 13.1. The summed E-state index contributed by atoms with van der Waals surface area (Å²) in [6.07, 6.45) is 3.47. The molecule has 142 valence electrons. The second-order valence-electron chi connectivity index (χ2n) is 6.67. The Morgan fingerprint density at radius 3 is 2.48 bits per heavy atom. The molecule has 1 fully saturated rings. The summed E-state index contributed by atoms with van der Waals surface area (Å²) in [5, 5.41) is 0. The van der Waals surface area contributed by atoms with Crippen LogP contribution in [0.25, 0.3) is 6.08 Å². The fourth-order valence-electron chi connectivity index (χ4n) is 3.36. The quantitative estimate of drug-likeness (QED) is 0.762. The van der Waals surface area contributed by atoms with E-state index in [2.05, 4.69) is 24.1 Å². The molecule has 0 aliphatic carbocycles. The normalized spacial score (nSPS) is 17.9. The highest BCUT2D eigenvalue weighted by atomic mass is 16.5. The standard InChI is InChI=1S/C22H26N2O3/c1-23-13-14-24(19(16-23)18-7-5-4-6-8-18)22(25)12-10-17-9-11-20(26-2)21(15-17)27-3/h4-12,15,19H,13-14,16H2,1-3H3. The van der Waals surface area contributed by atoms with Crippen molar-refractivity contribution in [2.45, 2.75) is 6.04 Å².